The van der Waals surface area contributed by atoms with E-state index in [0.29, 0.717) is 22.0 Å². The lowest BCUT2D eigenvalue weighted by Crippen LogP contribution is -2.30. The fourth-order valence-corrected chi connectivity index (χ4v) is 3.04. The second-order valence-corrected chi connectivity index (χ2v) is 5.65. The third-order valence-electron chi connectivity index (χ3n) is 3.25. The second-order valence-electron chi connectivity index (χ2n) is 4.71. The van der Waals surface area contributed by atoms with Gasteiger partial charge in [-0.2, -0.15) is 10.3 Å². The maximum absolute atomic E-state index is 12.2. The molecule has 0 N–H and O–H groups in total. The summed E-state index contributed by atoms with van der Waals surface area (Å²) >= 11 is 1.19. The number of amides is 2. The van der Waals surface area contributed by atoms with Crippen LogP contribution in [0.3, 0.4) is 0 Å². The summed E-state index contributed by atoms with van der Waals surface area (Å²) in [4.78, 5) is 29.8. The summed E-state index contributed by atoms with van der Waals surface area (Å²) in [6, 6.07) is 17.5. The maximum Gasteiger partial charge on any atom is 0.279 e. The Morgan fingerprint density at radius 1 is 1.13 bits per heavy atom. The molecule has 0 saturated carbocycles. The first-order chi connectivity index (χ1) is 11.2. The van der Waals surface area contributed by atoms with E-state index >= 15 is 0 Å². The summed E-state index contributed by atoms with van der Waals surface area (Å²) in [6.07, 6.45) is 0. The zero-order chi connectivity index (χ0) is 16.2. The topological polar surface area (TPSA) is 73.5 Å². The molecule has 1 saturated heterocycles. The molecule has 112 valence electrons. The van der Waals surface area contributed by atoms with Crippen molar-refractivity contribution in [2.45, 2.75) is 0 Å². The van der Waals surface area contributed by atoms with Crippen molar-refractivity contribution < 1.29 is 9.59 Å². The van der Waals surface area contributed by atoms with Gasteiger partial charge in [-0.25, -0.2) is 0 Å². The predicted molar refractivity (Wildman–Crippen MR) is 89.3 cm³/mol. The zero-order valence-corrected chi connectivity index (χ0v) is 12.8. The van der Waals surface area contributed by atoms with E-state index in [9.17, 15) is 14.9 Å². The number of hydrogen-bond acceptors (Lipinski definition) is 4. The molecule has 0 aromatic heterocycles. The molecule has 3 rings (SSSR count). The van der Waals surface area contributed by atoms with Crippen LogP contribution in [0.5, 0.6) is 0 Å². The van der Waals surface area contributed by atoms with Gasteiger partial charge in [0, 0.05) is 5.56 Å². The van der Waals surface area contributed by atoms with Crippen molar-refractivity contribution in [3.8, 4) is 6.07 Å². The summed E-state index contributed by atoms with van der Waals surface area (Å²) in [7, 11) is 0. The number of aliphatic imine (C=N–C) groups is 1. The summed E-state index contributed by atoms with van der Waals surface area (Å²) in [5.74, 6) is -0.416. The minimum absolute atomic E-state index is 0.195. The van der Waals surface area contributed by atoms with Crippen LogP contribution < -0.4 is 4.90 Å². The van der Waals surface area contributed by atoms with Crippen LogP contribution in [0, 0.1) is 11.3 Å². The molecule has 1 heterocycles. The van der Waals surface area contributed by atoms with Crippen LogP contribution in [0.4, 0.5) is 5.69 Å². The highest BCUT2D eigenvalue weighted by Crippen LogP contribution is 2.29. The van der Waals surface area contributed by atoms with Crippen LogP contribution in [-0.4, -0.2) is 22.7 Å². The Kier molecular flexibility index (Phi) is 4.22. The number of carbonyl (C=O) groups is 2. The van der Waals surface area contributed by atoms with E-state index < -0.39 is 5.91 Å². The van der Waals surface area contributed by atoms with E-state index in [1.54, 1.807) is 48.5 Å². The second kappa shape index (κ2) is 6.46. The first-order valence-electron chi connectivity index (χ1n) is 6.83. The summed E-state index contributed by atoms with van der Waals surface area (Å²) in [6.45, 7) is 0. The molecule has 0 unspecified atom stereocenters. The Balaban J connectivity index is 1.99. The van der Waals surface area contributed by atoms with Crippen molar-refractivity contribution in [3.63, 3.8) is 0 Å². The average Bonchev–Trinajstić information content (AvgIpc) is 2.95. The molecule has 23 heavy (non-hydrogen) atoms. The van der Waals surface area contributed by atoms with Crippen LogP contribution in [-0.2, 0) is 4.79 Å². The molecule has 1 fully saturated rings. The first kappa shape index (κ1) is 15.0. The van der Waals surface area contributed by atoms with Gasteiger partial charge in [0.25, 0.3) is 5.91 Å². The van der Waals surface area contributed by atoms with E-state index in [4.69, 9.17) is 0 Å². The predicted octanol–water partition coefficient (Wildman–Crippen LogP) is 2.83. The lowest BCUT2D eigenvalue weighted by atomic mass is 10.2. The van der Waals surface area contributed by atoms with Gasteiger partial charge >= 0.3 is 0 Å². The Hall–Kier alpha value is -2.91. The number of para-hydroxylation sites is 1. The lowest BCUT2D eigenvalue weighted by Gasteiger charge is -2.16. The van der Waals surface area contributed by atoms with E-state index in [0.717, 1.165) is 0 Å². The van der Waals surface area contributed by atoms with E-state index in [-0.39, 0.29) is 11.7 Å². The zero-order valence-electron chi connectivity index (χ0n) is 12.0. The standard InChI is InChI=1S/C17H11N3O2S/c18-10-13-8-4-5-9-14(13)20-15(21)11-23-17(20)19-16(22)12-6-2-1-3-7-12/h1-9H,11H2. The maximum atomic E-state index is 12.2. The van der Waals surface area contributed by atoms with Crippen LogP contribution >= 0.6 is 11.8 Å². The van der Waals surface area contributed by atoms with Gasteiger partial charge in [0.05, 0.1) is 17.0 Å². The molecule has 1 aliphatic heterocycles. The molecular formula is C17H11N3O2S. The van der Waals surface area contributed by atoms with Crippen LogP contribution in [0.1, 0.15) is 15.9 Å². The molecular weight excluding hydrogens is 310 g/mol. The monoisotopic (exact) mass is 321 g/mol. The highest BCUT2D eigenvalue weighted by Gasteiger charge is 2.31. The Bertz CT molecular complexity index is 840. The molecule has 6 heteroatoms. The molecule has 1 aliphatic rings. The molecule has 2 aromatic rings. The molecule has 0 aliphatic carbocycles. The summed E-state index contributed by atoms with van der Waals surface area (Å²) < 4.78 is 0. The highest BCUT2D eigenvalue weighted by atomic mass is 32.2. The number of anilines is 1. The van der Waals surface area contributed by atoms with Crippen LogP contribution in [0.15, 0.2) is 59.6 Å². The van der Waals surface area contributed by atoms with Gasteiger partial charge in [-0.05, 0) is 24.3 Å². The molecule has 0 spiro atoms. The van der Waals surface area contributed by atoms with Gasteiger partial charge in [0.2, 0.25) is 5.91 Å². The Labute approximate surface area is 137 Å². The SMILES string of the molecule is N#Cc1ccccc1N1C(=O)CSC1=NC(=O)c1ccccc1. The number of nitriles is 1. The number of thioether (sulfide) groups is 1. The Morgan fingerprint density at radius 2 is 1.83 bits per heavy atom. The molecule has 0 atom stereocenters. The minimum atomic E-state index is -0.415. The summed E-state index contributed by atoms with van der Waals surface area (Å²) in [5, 5.41) is 9.51. The fourth-order valence-electron chi connectivity index (χ4n) is 2.18. The lowest BCUT2D eigenvalue weighted by molar-refractivity contribution is -0.115. The first-order valence-corrected chi connectivity index (χ1v) is 7.82. The third-order valence-corrected chi connectivity index (χ3v) is 4.17. The molecule has 2 amide bonds. The highest BCUT2D eigenvalue weighted by molar-refractivity contribution is 8.15. The van der Waals surface area contributed by atoms with Crippen molar-refractivity contribution >= 4 is 34.4 Å². The number of rotatable bonds is 2. The number of amidine groups is 1. The van der Waals surface area contributed by atoms with Crippen molar-refractivity contribution in [2.75, 3.05) is 10.7 Å². The number of nitrogens with zero attached hydrogens (tertiary/aromatic N) is 3. The largest absolute Gasteiger partial charge is 0.279 e. The fraction of sp³-hybridized carbons (Fsp3) is 0.0588. The van der Waals surface area contributed by atoms with E-state index in [1.165, 1.54) is 16.7 Å². The smallest absolute Gasteiger partial charge is 0.273 e. The van der Waals surface area contributed by atoms with Crippen LogP contribution in [0.2, 0.25) is 0 Å². The van der Waals surface area contributed by atoms with E-state index in [1.807, 2.05) is 6.07 Å². The van der Waals surface area contributed by atoms with Crippen molar-refractivity contribution in [1.29, 1.82) is 5.26 Å². The molecule has 2 aromatic carbocycles. The van der Waals surface area contributed by atoms with Gasteiger partial charge in [-0.3, -0.25) is 14.5 Å². The average molecular weight is 321 g/mol. The van der Waals surface area contributed by atoms with Crippen molar-refractivity contribution in [1.82, 2.24) is 0 Å². The number of benzene rings is 2. The van der Waals surface area contributed by atoms with Crippen molar-refractivity contribution in [3.05, 3.63) is 65.7 Å². The van der Waals surface area contributed by atoms with Crippen LogP contribution in [0.25, 0.3) is 0 Å². The van der Waals surface area contributed by atoms with Gasteiger partial charge in [0.1, 0.15) is 6.07 Å². The molecule has 0 bridgehead atoms. The normalized spacial score (nSPS) is 15.7. The molecule has 5 nitrogen and oxygen atoms in total. The van der Waals surface area contributed by atoms with Gasteiger partial charge in [-0.1, -0.05) is 42.1 Å². The number of carbonyl (C=O) groups excluding carboxylic acids is 2. The van der Waals surface area contributed by atoms with Crippen molar-refractivity contribution in [2.24, 2.45) is 4.99 Å². The van der Waals surface area contributed by atoms with Gasteiger partial charge in [-0.15, -0.1) is 0 Å². The number of hydrogen-bond donors (Lipinski definition) is 0. The molecule has 0 radical (unpaired) electrons. The quantitative estimate of drug-likeness (QED) is 0.852. The third kappa shape index (κ3) is 3.00. The van der Waals surface area contributed by atoms with Gasteiger partial charge < -0.3 is 0 Å². The Morgan fingerprint density at radius 3 is 2.57 bits per heavy atom. The minimum Gasteiger partial charge on any atom is -0.273 e. The van der Waals surface area contributed by atoms with Gasteiger partial charge in [0.15, 0.2) is 5.17 Å². The van der Waals surface area contributed by atoms with E-state index in [2.05, 4.69) is 11.1 Å². The summed E-state index contributed by atoms with van der Waals surface area (Å²) in [5.41, 5.74) is 1.27.